The summed E-state index contributed by atoms with van der Waals surface area (Å²) >= 11 is 0. The first kappa shape index (κ1) is 18.4. The van der Waals surface area contributed by atoms with Crippen molar-refractivity contribution in [1.29, 1.82) is 0 Å². The molecule has 140 valence electrons. The van der Waals surface area contributed by atoms with Crippen LogP contribution in [0.3, 0.4) is 0 Å². The van der Waals surface area contributed by atoms with E-state index in [-0.39, 0.29) is 17.0 Å². The lowest BCUT2D eigenvalue weighted by atomic mass is 10.1. The van der Waals surface area contributed by atoms with Crippen molar-refractivity contribution in [1.82, 2.24) is 9.62 Å². The van der Waals surface area contributed by atoms with Gasteiger partial charge in [0.2, 0.25) is 10.0 Å². The molecule has 1 aliphatic heterocycles. The molecular weight excluding hydrogens is 360 g/mol. The fraction of sp³-hybridized carbons (Fsp3) is 0.412. The molecule has 1 aromatic heterocycles. The van der Waals surface area contributed by atoms with Crippen LogP contribution in [0.15, 0.2) is 44.4 Å². The van der Waals surface area contributed by atoms with Crippen LogP contribution < -0.4 is 10.3 Å². The van der Waals surface area contributed by atoms with Crippen LogP contribution in [-0.4, -0.2) is 45.1 Å². The van der Waals surface area contributed by atoms with Crippen molar-refractivity contribution < 1.29 is 22.4 Å². The Bertz CT molecular complexity index is 961. The highest BCUT2D eigenvalue weighted by Gasteiger charge is 2.27. The van der Waals surface area contributed by atoms with Gasteiger partial charge in [0, 0.05) is 30.6 Å². The molecule has 1 aromatic carbocycles. The van der Waals surface area contributed by atoms with E-state index in [9.17, 15) is 18.0 Å². The molecular formula is C17H20N2O6S. The van der Waals surface area contributed by atoms with E-state index < -0.39 is 15.6 Å². The average molecular weight is 380 g/mol. The number of hydrogen-bond donors (Lipinski definition) is 1. The highest BCUT2D eigenvalue weighted by Crippen LogP contribution is 2.20. The quantitative estimate of drug-likeness (QED) is 0.809. The van der Waals surface area contributed by atoms with Crippen molar-refractivity contribution >= 4 is 27.1 Å². The molecule has 0 atom stereocenters. The fourth-order valence-electron chi connectivity index (χ4n) is 2.90. The van der Waals surface area contributed by atoms with Crippen LogP contribution in [0.5, 0.6) is 0 Å². The van der Waals surface area contributed by atoms with Gasteiger partial charge in [0.25, 0.3) is 0 Å². The minimum absolute atomic E-state index is 0.103. The maximum Gasteiger partial charge on any atom is 0.409 e. The second kappa shape index (κ2) is 7.46. The van der Waals surface area contributed by atoms with Gasteiger partial charge < -0.3 is 14.1 Å². The van der Waals surface area contributed by atoms with E-state index in [4.69, 9.17) is 9.15 Å². The van der Waals surface area contributed by atoms with E-state index in [1.165, 1.54) is 30.3 Å². The molecule has 1 aliphatic rings. The van der Waals surface area contributed by atoms with Gasteiger partial charge in [-0.3, -0.25) is 0 Å². The van der Waals surface area contributed by atoms with Crippen molar-refractivity contribution in [2.45, 2.75) is 30.7 Å². The Balaban J connectivity index is 1.69. The Kier molecular flexibility index (Phi) is 5.28. The second-order valence-electron chi connectivity index (χ2n) is 6.04. The summed E-state index contributed by atoms with van der Waals surface area (Å²) in [5, 5.41) is 0.532. The van der Waals surface area contributed by atoms with E-state index in [1.807, 2.05) is 0 Å². The number of benzene rings is 1. The number of rotatable bonds is 4. The maximum atomic E-state index is 12.6. The molecule has 0 radical (unpaired) electrons. The molecule has 1 N–H and O–H groups in total. The first-order valence-corrected chi connectivity index (χ1v) is 9.85. The molecule has 9 heteroatoms. The zero-order valence-electron chi connectivity index (χ0n) is 14.3. The molecule has 0 saturated carbocycles. The third-order valence-electron chi connectivity index (χ3n) is 4.24. The van der Waals surface area contributed by atoms with E-state index in [2.05, 4.69) is 4.72 Å². The number of piperidine rings is 1. The molecule has 8 nitrogen and oxygen atoms in total. The maximum absolute atomic E-state index is 12.6. The number of ether oxygens (including phenoxy) is 1. The Morgan fingerprint density at radius 2 is 2.00 bits per heavy atom. The van der Waals surface area contributed by atoms with Crippen molar-refractivity contribution in [2.75, 3.05) is 19.7 Å². The molecule has 3 rings (SSSR count). The molecule has 1 amide bonds. The third-order valence-corrected chi connectivity index (χ3v) is 5.76. The Hall–Kier alpha value is -2.39. The zero-order valence-corrected chi connectivity index (χ0v) is 15.1. The molecule has 1 saturated heterocycles. The van der Waals surface area contributed by atoms with Crippen LogP contribution in [0.1, 0.15) is 19.8 Å². The highest BCUT2D eigenvalue weighted by molar-refractivity contribution is 7.89. The standard InChI is InChI=1S/C17H20N2O6S/c1-2-24-17(21)19-9-7-13(8-10-19)18-26(22,23)14-4-5-15-12(11-14)3-6-16(20)25-15/h3-6,11,13,18H,2,7-10H2,1H3. The Morgan fingerprint density at radius 3 is 2.69 bits per heavy atom. The average Bonchev–Trinajstić information content (AvgIpc) is 2.61. The number of amides is 1. The van der Waals surface area contributed by atoms with Crippen molar-refractivity contribution in [3.8, 4) is 0 Å². The van der Waals surface area contributed by atoms with Gasteiger partial charge in [0.1, 0.15) is 5.58 Å². The summed E-state index contributed by atoms with van der Waals surface area (Å²) in [5.41, 5.74) is -0.154. The number of carbonyl (C=O) groups excluding carboxylic acids is 1. The minimum atomic E-state index is -3.71. The van der Waals surface area contributed by atoms with Crippen LogP contribution in [0, 0.1) is 0 Å². The van der Waals surface area contributed by atoms with Crippen LogP contribution in [0.25, 0.3) is 11.0 Å². The van der Waals surface area contributed by atoms with Crippen LogP contribution in [0.2, 0.25) is 0 Å². The van der Waals surface area contributed by atoms with Gasteiger partial charge in [0.05, 0.1) is 11.5 Å². The predicted molar refractivity (Wildman–Crippen MR) is 94.4 cm³/mol. The first-order valence-electron chi connectivity index (χ1n) is 8.37. The normalized spacial score (nSPS) is 16.0. The molecule has 0 aliphatic carbocycles. The Labute approximate surface area is 150 Å². The zero-order chi connectivity index (χ0) is 18.7. The Morgan fingerprint density at radius 1 is 1.27 bits per heavy atom. The number of fused-ring (bicyclic) bond motifs is 1. The molecule has 0 spiro atoms. The number of likely N-dealkylation sites (tertiary alicyclic amines) is 1. The molecule has 1 fully saturated rings. The van der Waals surface area contributed by atoms with Crippen molar-refractivity contribution in [3.63, 3.8) is 0 Å². The van der Waals surface area contributed by atoms with Crippen LogP contribution in [-0.2, 0) is 14.8 Å². The number of carbonyl (C=O) groups is 1. The lowest BCUT2D eigenvalue weighted by Gasteiger charge is -2.31. The summed E-state index contributed by atoms with van der Waals surface area (Å²) in [7, 11) is -3.71. The van der Waals surface area contributed by atoms with Gasteiger partial charge in [-0.05, 0) is 44.0 Å². The molecule has 0 bridgehead atoms. The van der Waals surface area contributed by atoms with Gasteiger partial charge in [-0.15, -0.1) is 0 Å². The smallest absolute Gasteiger partial charge is 0.409 e. The summed E-state index contributed by atoms with van der Waals surface area (Å²) in [6.07, 6.45) is 0.658. The largest absolute Gasteiger partial charge is 0.450 e. The van der Waals surface area contributed by atoms with Gasteiger partial charge in [-0.25, -0.2) is 22.7 Å². The summed E-state index contributed by atoms with van der Waals surface area (Å²) in [5.74, 6) is 0. The van der Waals surface area contributed by atoms with Crippen LogP contribution in [0.4, 0.5) is 4.79 Å². The van der Waals surface area contributed by atoms with E-state index in [0.29, 0.717) is 43.5 Å². The number of hydrogen-bond acceptors (Lipinski definition) is 6. The highest BCUT2D eigenvalue weighted by atomic mass is 32.2. The van der Waals surface area contributed by atoms with E-state index >= 15 is 0 Å². The SMILES string of the molecule is CCOC(=O)N1CCC(NS(=O)(=O)c2ccc3oc(=O)ccc3c2)CC1. The van der Waals surface area contributed by atoms with Crippen LogP contribution >= 0.6 is 0 Å². The molecule has 2 heterocycles. The molecule has 0 unspecified atom stereocenters. The first-order chi connectivity index (χ1) is 12.4. The number of nitrogens with one attached hydrogen (secondary N) is 1. The minimum Gasteiger partial charge on any atom is -0.450 e. The lowest BCUT2D eigenvalue weighted by Crippen LogP contribution is -2.46. The van der Waals surface area contributed by atoms with Crippen molar-refractivity contribution in [3.05, 3.63) is 40.8 Å². The summed E-state index contributed by atoms with van der Waals surface area (Å²) in [6, 6.07) is 6.86. The van der Waals surface area contributed by atoms with Gasteiger partial charge >= 0.3 is 11.7 Å². The van der Waals surface area contributed by atoms with Crippen molar-refractivity contribution in [2.24, 2.45) is 0 Å². The lowest BCUT2D eigenvalue weighted by molar-refractivity contribution is 0.0966. The number of sulfonamides is 1. The van der Waals surface area contributed by atoms with Gasteiger partial charge in [-0.1, -0.05) is 0 Å². The fourth-order valence-corrected chi connectivity index (χ4v) is 4.24. The number of nitrogens with zero attached hydrogens (tertiary/aromatic N) is 1. The third kappa shape index (κ3) is 4.05. The summed E-state index contributed by atoms with van der Waals surface area (Å²) in [4.78, 5) is 24.6. The second-order valence-corrected chi connectivity index (χ2v) is 7.75. The molecule has 26 heavy (non-hydrogen) atoms. The van der Waals surface area contributed by atoms with E-state index in [1.54, 1.807) is 11.8 Å². The topological polar surface area (TPSA) is 106 Å². The predicted octanol–water partition coefficient (Wildman–Crippen LogP) is 1.69. The van der Waals surface area contributed by atoms with Gasteiger partial charge in [0.15, 0.2) is 0 Å². The monoisotopic (exact) mass is 380 g/mol. The summed E-state index contributed by atoms with van der Waals surface area (Å²) in [6.45, 7) is 2.94. The summed E-state index contributed by atoms with van der Waals surface area (Å²) < 4.78 is 37.9. The van der Waals surface area contributed by atoms with Gasteiger partial charge in [-0.2, -0.15) is 0 Å². The van der Waals surface area contributed by atoms with E-state index in [0.717, 1.165) is 0 Å². The molecule has 2 aromatic rings.